The number of rotatable bonds is 3. The summed E-state index contributed by atoms with van der Waals surface area (Å²) >= 11 is 0. The average molecular weight is 232 g/mol. The Bertz CT molecular complexity index is 395. The van der Waals surface area contributed by atoms with Crippen molar-refractivity contribution in [1.29, 1.82) is 0 Å². The number of piperazine rings is 1. The van der Waals surface area contributed by atoms with E-state index in [1.807, 2.05) is 23.1 Å². The molecule has 4 nitrogen and oxygen atoms in total. The standard InChI is InChI=1S/C13H16N2O2/c16-13(17)6-7-14-8-10-15(11-9-14)12-4-2-1-3-5-12/h1-7H,8-11H2,(H,16,17). The highest BCUT2D eigenvalue weighted by Gasteiger charge is 2.14. The summed E-state index contributed by atoms with van der Waals surface area (Å²) in [7, 11) is 0. The van der Waals surface area contributed by atoms with E-state index < -0.39 is 5.97 Å². The van der Waals surface area contributed by atoms with E-state index in [2.05, 4.69) is 17.0 Å². The molecule has 0 bridgehead atoms. The van der Waals surface area contributed by atoms with Crippen molar-refractivity contribution in [3.63, 3.8) is 0 Å². The lowest BCUT2D eigenvalue weighted by Crippen LogP contribution is -2.44. The largest absolute Gasteiger partial charge is 0.478 e. The van der Waals surface area contributed by atoms with Crippen molar-refractivity contribution in [2.75, 3.05) is 31.1 Å². The molecule has 0 aliphatic carbocycles. The van der Waals surface area contributed by atoms with Crippen molar-refractivity contribution in [2.45, 2.75) is 0 Å². The Labute approximate surface area is 101 Å². The second-order valence-corrected chi connectivity index (χ2v) is 4.01. The first-order chi connectivity index (χ1) is 8.25. The van der Waals surface area contributed by atoms with Gasteiger partial charge in [0.25, 0.3) is 0 Å². The highest BCUT2D eigenvalue weighted by Crippen LogP contribution is 2.15. The molecule has 1 saturated heterocycles. The molecule has 1 aromatic rings. The quantitative estimate of drug-likeness (QED) is 0.800. The number of carboxylic acids is 1. The second kappa shape index (κ2) is 5.39. The second-order valence-electron chi connectivity index (χ2n) is 4.01. The Hall–Kier alpha value is -1.97. The van der Waals surface area contributed by atoms with Crippen molar-refractivity contribution in [3.05, 3.63) is 42.6 Å². The number of aliphatic carboxylic acids is 1. The molecule has 0 radical (unpaired) electrons. The van der Waals surface area contributed by atoms with Crippen LogP contribution in [0.2, 0.25) is 0 Å². The molecule has 0 amide bonds. The molecule has 17 heavy (non-hydrogen) atoms. The number of nitrogens with zero attached hydrogens (tertiary/aromatic N) is 2. The Morgan fingerprint density at radius 2 is 1.76 bits per heavy atom. The predicted molar refractivity (Wildman–Crippen MR) is 67.0 cm³/mol. The van der Waals surface area contributed by atoms with E-state index in [0.29, 0.717) is 0 Å². The number of hydrogen-bond donors (Lipinski definition) is 1. The first-order valence-corrected chi connectivity index (χ1v) is 5.71. The maximum atomic E-state index is 10.4. The molecule has 0 unspecified atom stereocenters. The van der Waals surface area contributed by atoms with E-state index >= 15 is 0 Å². The summed E-state index contributed by atoms with van der Waals surface area (Å²) in [5.41, 5.74) is 1.23. The van der Waals surface area contributed by atoms with Crippen LogP contribution < -0.4 is 4.90 Å². The SMILES string of the molecule is O=C(O)C=CN1CCN(c2ccccc2)CC1. The van der Waals surface area contributed by atoms with E-state index in [9.17, 15) is 4.79 Å². The van der Waals surface area contributed by atoms with E-state index in [1.165, 1.54) is 11.8 Å². The monoisotopic (exact) mass is 232 g/mol. The molecule has 4 heteroatoms. The van der Waals surface area contributed by atoms with Crippen LogP contribution in [-0.2, 0) is 4.79 Å². The fourth-order valence-corrected chi connectivity index (χ4v) is 1.94. The zero-order chi connectivity index (χ0) is 12.1. The maximum absolute atomic E-state index is 10.4. The fraction of sp³-hybridized carbons (Fsp3) is 0.308. The fourth-order valence-electron chi connectivity index (χ4n) is 1.94. The van der Waals surface area contributed by atoms with Gasteiger partial charge in [-0.3, -0.25) is 0 Å². The van der Waals surface area contributed by atoms with Gasteiger partial charge in [0.15, 0.2) is 0 Å². The number of carboxylic acid groups (broad SMARTS) is 1. The lowest BCUT2D eigenvalue weighted by molar-refractivity contribution is -0.131. The highest BCUT2D eigenvalue weighted by molar-refractivity contribution is 5.79. The topological polar surface area (TPSA) is 43.8 Å². The predicted octanol–water partition coefficient (Wildman–Crippen LogP) is 1.41. The van der Waals surface area contributed by atoms with Gasteiger partial charge in [-0.05, 0) is 12.1 Å². The van der Waals surface area contributed by atoms with Crippen LogP contribution in [0.5, 0.6) is 0 Å². The van der Waals surface area contributed by atoms with Gasteiger partial charge in [0.05, 0.1) is 0 Å². The lowest BCUT2D eigenvalue weighted by Gasteiger charge is -2.35. The van der Waals surface area contributed by atoms with Gasteiger partial charge in [0.1, 0.15) is 0 Å². The van der Waals surface area contributed by atoms with Gasteiger partial charge in [-0.2, -0.15) is 0 Å². The Morgan fingerprint density at radius 1 is 1.12 bits per heavy atom. The summed E-state index contributed by atoms with van der Waals surface area (Å²) in [6, 6.07) is 10.3. The van der Waals surface area contributed by atoms with Crippen LogP contribution in [0.15, 0.2) is 42.6 Å². The summed E-state index contributed by atoms with van der Waals surface area (Å²) in [4.78, 5) is 14.7. The number of anilines is 1. The minimum atomic E-state index is -0.893. The average Bonchev–Trinajstić information content (AvgIpc) is 2.38. The Morgan fingerprint density at radius 3 is 2.35 bits per heavy atom. The van der Waals surface area contributed by atoms with Crippen LogP contribution in [0.3, 0.4) is 0 Å². The molecule has 1 aliphatic heterocycles. The van der Waals surface area contributed by atoms with Crippen molar-refractivity contribution >= 4 is 11.7 Å². The Balaban J connectivity index is 1.88. The van der Waals surface area contributed by atoms with Crippen molar-refractivity contribution in [1.82, 2.24) is 4.90 Å². The first kappa shape index (κ1) is 11.5. The van der Waals surface area contributed by atoms with E-state index in [4.69, 9.17) is 5.11 Å². The van der Waals surface area contributed by atoms with Gasteiger partial charge in [0, 0.05) is 44.1 Å². The normalized spacial score (nSPS) is 16.5. The molecular weight excluding hydrogens is 216 g/mol. The summed E-state index contributed by atoms with van der Waals surface area (Å²) in [5, 5.41) is 8.55. The third-order valence-corrected chi connectivity index (χ3v) is 2.86. The summed E-state index contributed by atoms with van der Waals surface area (Å²) in [5.74, 6) is -0.893. The number of para-hydroxylation sites is 1. The van der Waals surface area contributed by atoms with Gasteiger partial charge >= 0.3 is 5.97 Å². The van der Waals surface area contributed by atoms with Crippen LogP contribution in [-0.4, -0.2) is 42.2 Å². The van der Waals surface area contributed by atoms with Crippen molar-refractivity contribution < 1.29 is 9.90 Å². The molecule has 0 spiro atoms. The van der Waals surface area contributed by atoms with E-state index in [-0.39, 0.29) is 0 Å². The molecule has 0 aromatic heterocycles. The zero-order valence-corrected chi connectivity index (χ0v) is 9.62. The molecular formula is C13H16N2O2. The number of hydrogen-bond acceptors (Lipinski definition) is 3. The zero-order valence-electron chi connectivity index (χ0n) is 9.62. The molecule has 1 N–H and O–H groups in total. The summed E-state index contributed by atoms with van der Waals surface area (Å²) in [6.07, 6.45) is 2.85. The molecule has 90 valence electrons. The summed E-state index contributed by atoms with van der Waals surface area (Å²) in [6.45, 7) is 3.57. The van der Waals surface area contributed by atoms with Gasteiger partial charge in [-0.15, -0.1) is 0 Å². The number of benzene rings is 1. The third kappa shape index (κ3) is 3.24. The van der Waals surface area contributed by atoms with Crippen LogP contribution in [0.4, 0.5) is 5.69 Å². The molecule has 1 heterocycles. The van der Waals surface area contributed by atoms with Crippen LogP contribution in [0.1, 0.15) is 0 Å². The van der Waals surface area contributed by atoms with Crippen molar-refractivity contribution in [3.8, 4) is 0 Å². The number of carbonyl (C=O) groups is 1. The van der Waals surface area contributed by atoms with Gasteiger partial charge in [-0.25, -0.2) is 4.79 Å². The van der Waals surface area contributed by atoms with Crippen LogP contribution in [0.25, 0.3) is 0 Å². The minimum absolute atomic E-state index is 0.860. The summed E-state index contributed by atoms with van der Waals surface area (Å²) < 4.78 is 0. The molecule has 0 saturated carbocycles. The molecule has 1 fully saturated rings. The molecule has 2 rings (SSSR count). The third-order valence-electron chi connectivity index (χ3n) is 2.86. The van der Waals surface area contributed by atoms with Gasteiger partial charge in [-0.1, -0.05) is 18.2 Å². The molecule has 1 aromatic carbocycles. The molecule has 1 aliphatic rings. The lowest BCUT2D eigenvalue weighted by atomic mass is 10.2. The van der Waals surface area contributed by atoms with Crippen molar-refractivity contribution in [2.24, 2.45) is 0 Å². The Kier molecular flexibility index (Phi) is 3.65. The van der Waals surface area contributed by atoms with E-state index in [1.54, 1.807) is 6.20 Å². The molecule has 0 atom stereocenters. The van der Waals surface area contributed by atoms with Crippen LogP contribution in [0, 0.1) is 0 Å². The van der Waals surface area contributed by atoms with Crippen LogP contribution >= 0.6 is 0 Å². The van der Waals surface area contributed by atoms with Gasteiger partial charge < -0.3 is 14.9 Å². The maximum Gasteiger partial charge on any atom is 0.329 e. The van der Waals surface area contributed by atoms with Gasteiger partial charge in [0.2, 0.25) is 0 Å². The smallest absolute Gasteiger partial charge is 0.329 e. The highest BCUT2D eigenvalue weighted by atomic mass is 16.4. The minimum Gasteiger partial charge on any atom is -0.478 e. The van der Waals surface area contributed by atoms with E-state index in [0.717, 1.165) is 26.2 Å². The first-order valence-electron chi connectivity index (χ1n) is 5.71.